The molecule has 1 aromatic rings. The predicted octanol–water partition coefficient (Wildman–Crippen LogP) is 2.72. The molecule has 23 heavy (non-hydrogen) atoms. The molecule has 0 fully saturated rings. The van der Waals surface area contributed by atoms with Gasteiger partial charge in [0.2, 0.25) is 0 Å². The van der Waals surface area contributed by atoms with E-state index in [1.165, 1.54) is 5.56 Å². The van der Waals surface area contributed by atoms with Crippen molar-refractivity contribution in [2.45, 2.75) is 52.2 Å². The largest absolute Gasteiger partial charge is 0.497 e. The molecule has 0 spiro atoms. The maximum Gasteiger partial charge on any atom is 0.315 e. The zero-order valence-electron chi connectivity index (χ0n) is 14.8. The van der Waals surface area contributed by atoms with E-state index in [0.29, 0.717) is 0 Å². The molecule has 2 unspecified atom stereocenters. The van der Waals surface area contributed by atoms with Gasteiger partial charge in [-0.05, 0) is 50.3 Å². The Hall–Kier alpha value is -1.75. The van der Waals surface area contributed by atoms with Crippen molar-refractivity contribution in [1.82, 2.24) is 10.6 Å². The number of carbonyl (C=O) groups is 1. The van der Waals surface area contributed by atoms with Gasteiger partial charge in [0.1, 0.15) is 5.75 Å². The van der Waals surface area contributed by atoms with E-state index in [1.54, 1.807) is 14.0 Å². The summed E-state index contributed by atoms with van der Waals surface area (Å²) in [5.41, 5.74) is 0.312. The minimum absolute atomic E-state index is 0.0566. The molecule has 1 rings (SSSR count). The van der Waals surface area contributed by atoms with E-state index in [9.17, 15) is 9.90 Å². The van der Waals surface area contributed by atoms with Crippen LogP contribution in [-0.4, -0.2) is 36.4 Å². The number of urea groups is 1. The Morgan fingerprint density at radius 2 is 1.87 bits per heavy atom. The molecule has 3 N–H and O–H groups in total. The van der Waals surface area contributed by atoms with Crippen LogP contribution < -0.4 is 15.4 Å². The van der Waals surface area contributed by atoms with Gasteiger partial charge in [0.25, 0.3) is 0 Å². The number of rotatable bonds is 8. The van der Waals surface area contributed by atoms with Crippen molar-refractivity contribution in [1.29, 1.82) is 0 Å². The van der Waals surface area contributed by atoms with Crippen molar-refractivity contribution in [3.63, 3.8) is 0 Å². The minimum Gasteiger partial charge on any atom is -0.497 e. The lowest BCUT2D eigenvalue weighted by molar-refractivity contribution is 0.0165. The number of methoxy groups -OCH3 is 1. The lowest BCUT2D eigenvalue weighted by Gasteiger charge is -2.28. The molecule has 2 atom stereocenters. The third-order valence-corrected chi connectivity index (χ3v) is 4.25. The number of benzene rings is 1. The molecule has 0 aromatic heterocycles. The van der Waals surface area contributed by atoms with Gasteiger partial charge in [-0.1, -0.05) is 26.0 Å². The summed E-state index contributed by atoms with van der Waals surface area (Å²) in [5.74, 6) is 0.923. The van der Waals surface area contributed by atoms with E-state index in [2.05, 4.69) is 10.6 Å². The van der Waals surface area contributed by atoms with E-state index in [4.69, 9.17) is 4.74 Å². The highest BCUT2D eigenvalue weighted by Gasteiger charge is 2.25. The summed E-state index contributed by atoms with van der Waals surface area (Å²) in [6.07, 6.45) is 1.73. The number of hydrogen-bond acceptors (Lipinski definition) is 3. The lowest BCUT2D eigenvalue weighted by atomic mass is 9.93. The van der Waals surface area contributed by atoms with Gasteiger partial charge in [0.05, 0.1) is 12.7 Å². The van der Waals surface area contributed by atoms with Crippen LogP contribution in [0.3, 0.4) is 0 Å². The fraction of sp³-hybridized carbons (Fsp3) is 0.611. The van der Waals surface area contributed by atoms with E-state index < -0.39 is 5.60 Å². The number of ether oxygens (including phenoxy) is 1. The normalized spacial score (nSPS) is 14.9. The zero-order chi connectivity index (χ0) is 17.5. The Morgan fingerprint density at radius 1 is 1.26 bits per heavy atom. The Balaban J connectivity index is 2.32. The minimum atomic E-state index is -0.899. The van der Waals surface area contributed by atoms with Gasteiger partial charge in [0.15, 0.2) is 0 Å². The number of aryl methyl sites for hydroxylation is 1. The van der Waals surface area contributed by atoms with E-state index >= 15 is 0 Å². The van der Waals surface area contributed by atoms with Crippen molar-refractivity contribution >= 4 is 6.03 Å². The SMILES string of the molecule is COc1ccc(CCC(C)NC(=O)NCC(C)(O)C(C)C)cc1. The Bertz CT molecular complexity index is 484. The van der Waals surface area contributed by atoms with E-state index in [0.717, 1.165) is 18.6 Å². The molecule has 130 valence electrons. The highest BCUT2D eigenvalue weighted by Crippen LogP contribution is 2.15. The highest BCUT2D eigenvalue weighted by atomic mass is 16.5. The molecule has 0 aliphatic carbocycles. The van der Waals surface area contributed by atoms with E-state index in [1.807, 2.05) is 45.0 Å². The number of nitrogens with one attached hydrogen (secondary N) is 2. The summed E-state index contributed by atoms with van der Waals surface area (Å²) >= 11 is 0. The number of carbonyl (C=O) groups excluding carboxylic acids is 1. The summed E-state index contributed by atoms with van der Waals surface area (Å²) in [4.78, 5) is 11.9. The van der Waals surface area contributed by atoms with Crippen LogP contribution in [0, 0.1) is 5.92 Å². The van der Waals surface area contributed by atoms with Crippen LogP contribution in [0.15, 0.2) is 24.3 Å². The average molecular weight is 322 g/mol. The average Bonchev–Trinajstić information content (AvgIpc) is 2.51. The van der Waals surface area contributed by atoms with Crippen LogP contribution in [0.1, 0.15) is 39.7 Å². The van der Waals surface area contributed by atoms with E-state index in [-0.39, 0.29) is 24.5 Å². The molecule has 0 saturated heterocycles. The molecule has 1 aromatic carbocycles. The van der Waals surface area contributed by atoms with Gasteiger partial charge in [-0.25, -0.2) is 4.79 Å². The molecule has 0 aliphatic heterocycles. The number of amides is 2. The van der Waals surface area contributed by atoms with Crippen LogP contribution >= 0.6 is 0 Å². The standard InChI is InChI=1S/C18H30N2O3/c1-13(2)18(4,22)12-19-17(21)20-14(3)6-7-15-8-10-16(23-5)11-9-15/h8-11,13-14,22H,6-7,12H2,1-5H3,(H2,19,20,21). The molecule has 5 heteroatoms. The summed E-state index contributed by atoms with van der Waals surface area (Å²) in [5, 5.41) is 15.7. The van der Waals surface area contributed by atoms with Crippen LogP contribution in [0.4, 0.5) is 4.79 Å². The quantitative estimate of drug-likeness (QED) is 0.689. The topological polar surface area (TPSA) is 70.6 Å². The van der Waals surface area contributed by atoms with Crippen LogP contribution in [-0.2, 0) is 6.42 Å². The van der Waals surface area contributed by atoms with Crippen molar-refractivity contribution in [2.24, 2.45) is 5.92 Å². The van der Waals surface area contributed by atoms with Gasteiger partial charge >= 0.3 is 6.03 Å². The zero-order valence-corrected chi connectivity index (χ0v) is 14.8. The first-order chi connectivity index (χ1) is 10.7. The first kappa shape index (κ1) is 19.3. The van der Waals surface area contributed by atoms with Crippen LogP contribution in [0.2, 0.25) is 0 Å². The van der Waals surface area contributed by atoms with Crippen molar-refractivity contribution in [3.8, 4) is 5.75 Å². The third kappa shape index (κ3) is 6.91. The molecule has 0 radical (unpaired) electrons. The number of aliphatic hydroxyl groups is 1. The van der Waals surface area contributed by atoms with Gasteiger partial charge < -0.3 is 20.5 Å². The maximum absolute atomic E-state index is 11.9. The van der Waals surface area contributed by atoms with Gasteiger partial charge in [-0.15, -0.1) is 0 Å². The molecular weight excluding hydrogens is 292 g/mol. The van der Waals surface area contributed by atoms with Crippen molar-refractivity contribution in [2.75, 3.05) is 13.7 Å². The molecule has 0 heterocycles. The Morgan fingerprint density at radius 3 is 2.39 bits per heavy atom. The second-order valence-electron chi connectivity index (χ2n) is 6.63. The summed E-state index contributed by atoms with van der Waals surface area (Å²) in [7, 11) is 1.65. The first-order valence-electron chi connectivity index (χ1n) is 8.14. The number of hydrogen-bond donors (Lipinski definition) is 3. The smallest absolute Gasteiger partial charge is 0.315 e. The first-order valence-corrected chi connectivity index (χ1v) is 8.14. The lowest BCUT2D eigenvalue weighted by Crippen LogP contribution is -2.49. The third-order valence-electron chi connectivity index (χ3n) is 4.25. The maximum atomic E-state index is 11.9. The summed E-state index contributed by atoms with van der Waals surface area (Å²) in [6, 6.07) is 7.76. The van der Waals surface area contributed by atoms with Crippen LogP contribution in [0.25, 0.3) is 0 Å². The molecule has 2 amide bonds. The van der Waals surface area contributed by atoms with Gasteiger partial charge in [0, 0.05) is 12.6 Å². The highest BCUT2D eigenvalue weighted by molar-refractivity contribution is 5.74. The predicted molar refractivity (Wildman–Crippen MR) is 92.8 cm³/mol. The Labute approximate surface area is 139 Å². The second kappa shape index (κ2) is 8.77. The molecule has 5 nitrogen and oxygen atoms in total. The fourth-order valence-electron chi connectivity index (χ4n) is 1.99. The van der Waals surface area contributed by atoms with Crippen molar-refractivity contribution in [3.05, 3.63) is 29.8 Å². The fourth-order valence-corrected chi connectivity index (χ4v) is 1.99. The Kier molecular flexibility index (Phi) is 7.36. The summed E-state index contributed by atoms with van der Waals surface area (Å²) in [6.45, 7) is 7.80. The molecular formula is C18H30N2O3. The van der Waals surface area contributed by atoms with Crippen LogP contribution in [0.5, 0.6) is 5.75 Å². The molecule has 0 saturated carbocycles. The molecule has 0 bridgehead atoms. The van der Waals surface area contributed by atoms with Gasteiger partial charge in [-0.3, -0.25) is 0 Å². The molecule has 0 aliphatic rings. The van der Waals surface area contributed by atoms with Crippen molar-refractivity contribution < 1.29 is 14.6 Å². The monoisotopic (exact) mass is 322 g/mol. The van der Waals surface area contributed by atoms with Gasteiger partial charge in [-0.2, -0.15) is 0 Å². The second-order valence-corrected chi connectivity index (χ2v) is 6.63. The summed E-state index contributed by atoms with van der Waals surface area (Å²) < 4.78 is 5.13.